The first-order chi connectivity index (χ1) is 14.8. The molecule has 0 aliphatic rings. The number of nitro benzene ring substituents is 1. The molecule has 0 saturated heterocycles. The summed E-state index contributed by atoms with van der Waals surface area (Å²) in [6, 6.07) is 16.4. The fourth-order valence-corrected chi connectivity index (χ4v) is 2.88. The van der Waals surface area contributed by atoms with Gasteiger partial charge >= 0.3 is 5.97 Å². The van der Waals surface area contributed by atoms with E-state index in [1.54, 1.807) is 30.3 Å². The lowest BCUT2D eigenvalue weighted by atomic mass is 10.1. The molecule has 0 aliphatic heterocycles. The van der Waals surface area contributed by atoms with Gasteiger partial charge in [0.2, 0.25) is 0 Å². The van der Waals surface area contributed by atoms with Crippen molar-refractivity contribution in [1.29, 1.82) is 0 Å². The summed E-state index contributed by atoms with van der Waals surface area (Å²) in [5, 5.41) is 13.5. The van der Waals surface area contributed by atoms with Crippen molar-refractivity contribution < 1.29 is 24.0 Å². The van der Waals surface area contributed by atoms with E-state index in [4.69, 9.17) is 32.7 Å². The van der Waals surface area contributed by atoms with E-state index in [-0.39, 0.29) is 39.3 Å². The SMILES string of the molecule is O=C(COc1ccccc1)Oc1ccc(Cl)cc1C(=O)Nc1ccc([N+](=O)[O-])cc1Cl. The van der Waals surface area contributed by atoms with Gasteiger partial charge in [-0.25, -0.2) is 4.79 Å². The Morgan fingerprint density at radius 2 is 1.74 bits per heavy atom. The zero-order valence-electron chi connectivity index (χ0n) is 15.7. The van der Waals surface area contributed by atoms with Gasteiger partial charge in [0.25, 0.3) is 11.6 Å². The number of amides is 1. The summed E-state index contributed by atoms with van der Waals surface area (Å²) in [4.78, 5) is 35.1. The number of anilines is 1. The first-order valence-electron chi connectivity index (χ1n) is 8.77. The summed E-state index contributed by atoms with van der Waals surface area (Å²) in [6.45, 7) is -0.373. The zero-order valence-corrected chi connectivity index (χ0v) is 17.2. The molecule has 3 rings (SSSR count). The van der Waals surface area contributed by atoms with Crippen molar-refractivity contribution in [3.8, 4) is 11.5 Å². The third-order valence-corrected chi connectivity index (χ3v) is 4.47. The number of hydrogen-bond acceptors (Lipinski definition) is 6. The van der Waals surface area contributed by atoms with Crippen LogP contribution in [0.2, 0.25) is 10.0 Å². The number of halogens is 2. The highest BCUT2D eigenvalue weighted by molar-refractivity contribution is 6.34. The summed E-state index contributed by atoms with van der Waals surface area (Å²) in [5.74, 6) is -0.957. The van der Waals surface area contributed by atoms with Crippen molar-refractivity contribution in [2.75, 3.05) is 11.9 Å². The lowest BCUT2D eigenvalue weighted by Gasteiger charge is -2.12. The molecule has 0 bridgehead atoms. The molecular formula is C21H14Cl2N2O6. The highest BCUT2D eigenvalue weighted by Gasteiger charge is 2.19. The van der Waals surface area contributed by atoms with E-state index in [0.29, 0.717) is 5.75 Å². The summed E-state index contributed by atoms with van der Waals surface area (Å²) in [7, 11) is 0. The van der Waals surface area contributed by atoms with Gasteiger partial charge in [-0.1, -0.05) is 41.4 Å². The second-order valence-electron chi connectivity index (χ2n) is 6.09. The zero-order chi connectivity index (χ0) is 22.4. The van der Waals surface area contributed by atoms with Gasteiger partial charge in [0.05, 0.1) is 21.2 Å². The number of carbonyl (C=O) groups excluding carboxylic acids is 2. The van der Waals surface area contributed by atoms with Crippen molar-refractivity contribution >= 4 is 46.5 Å². The van der Waals surface area contributed by atoms with E-state index in [1.807, 2.05) is 0 Å². The predicted molar refractivity (Wildman–Crippen MR) is 115 cm³/mol. The largest absolute Gasteiger partial charge is 0.482 e. The maximum atomic E-state index is 12.7. The van der Waals surface area contributed by atoms with Gasteiger partial charge in [0.15, 0.2) is 6.61 Å². The Balaban J connectivity index is 1.74. The molecule has 10 heteroatoms. The van der Waals surface area contributed by atoms with E-state index in [1.165, 1.54) is 30.3 Å². The number of nitro groups is 1. The highest BCUT2D eigenvalue weighted by Crippen LogP contribution is 2.29. The monoisotopic (exact) mass is 460 g/mol. The molecule has 8 nitrogen and oxygen atoms in total. The Morgan fingerprint density at radius 1 is 1.00 bits per heavy atom. The minimum absolute atomic E-state index is 0.0283. The van der Waals surface area contributed by atoms with Gasteiger partial charge in [-0.3, -0.25) is 14.9 Å². The summed E-state index contributed by atoms with van der Waals surface area (Å²) in [5.41, 5.74) is -0.115. The predicted octanol–water partition coefficient (Wildman–Crippen LogP) is 5.14. The maximum absolute atomic E-state index is 12.7. The van der Waals surface area contributed by atoms with Crippen molar-refractivity contribution in [3.05, 3.63) is 92.5 Å². The molecule has 0 atom stereocenters. The molecule has 0 radical (unpaired) electrons. The third-order valence-electron chi connectivity index (χ3n) is 3.92. The molecule has 0 unspecified atom stereocenters. The molecule has 0 saturated carbocycles. The second-order valence-corrected chi connectivity index (χ2v) is 6.94. The molecule has 0 spiro atoms. The smallest absolute Gasteiger partial charge is 0.349 e. The number of esters is 1. The molecule has 3 aromatic rings. The van der Waals surface area contributed by atoms with Crippen molar-refractivity contribution in [3.63, 3.8) is 0 Å². The number of para-hydroxylation sites is 1. The quantitative estimate of drug-likeness (QED) is 0.226. The molecular weight excluding hydrogens is 447 g/mol. The molecule has 0 heterocycles. The van der Waals surface area contributed by atoms with Crippen LogP contribution >= 0.6 is 23.2 Å². The van der Waals surface area contributed by atoms with Crippen LogP contribution in [0.5, 0.6) is 11.5 Å². The van der Waals surface area contributed by atoms with Crippen LogP contribution in [0.1, 0.15) is 10.4 Å². The number of carbonyl (C=O) groups is 2. The fraction of sp³-hybridized carbons (Fsp3) is 0.0476. The van der Waals surface area contributed by atoms with E-state index in [9.17, 15) is 19.7 Å². The van der Waals surface area contributed by atoms with Gasteiger partial charge < -0.3 is 14.8 Å². The molecule has 0 aromatic heterocycles. The Hall–Kier alpha value is -3.62. The van der Waals surface area contributed by atoms with E-state index >= 15 is 0 Å². The van der Waals surface area contributed by atoms with Crippen LogP contribution < -0.4 is 14.8 Å². The van der Waals surface area contributed by atoms with Crippen LogP contribution in [0.3, 0.4) is 0 Å². The first-order valence-corrected chi connectivity index (χ1v) is 9.52. The lowest BCUT2D eigenvalue weighted by molar-refractivity contribution is -0.384. The topological polar surface area (TPSA) is 108 Å². The summed E-state index contributed by atoms with van der Waals surface area (Å²) in [6.07, 6.45) is 0. The summed E-state index contributed by atoms with van der Waals surface area (Å²) < 4.78 is 10.6. The van der Waals surface area contributed by atoms with Crippen LogP contribution in [0, 0.1) is 10.1 Å². The molecule has 0 aliphatic carbocycles. The molecule has 3 aromatic carbocycles. The molecule has 0 fully saturated rings. The Bertz CT molecular complexity index is 1140. The molecule has 31 heavy (non-hydrogen) atoms. The van der Waals surface area contributed by atoms with Gasteiger partial charge in [-0.05, 0) is 36.4 Å². The maximum Gasteiger partial charge on any atom is 0.349 e. The molecule has 1 amide bonds. The van der Waals surface area contributed by atoms with Crippen LogP contribution in [-0.2, 0) is 4.79 Å². The number of non-ortho nitro benzene ring substituents is 1. The van der Waals surface area contributed by atoms with Crippen molar-refractivity contribution in [1.82, 2.24) is 0 Å². The van der Waals surface area contributed by atoms with Crippen LogP contribution in [0.15, 0.2) is 66.7 Å². The summed E-state index contributed by atoms with van der Waals surface area (Å²) >= 11 is 12.0. The fourth-order valence-electron chi connectivity index (χ4n) is 2.49. The minimum atomic E-state index is -0.728. The van der Waals surface area contributed by atoms with Crippen LogP contribution in [-0.4, -0.2) is 23.4 Å². The standard InChI is InChI=1S/C21H14Cl2N2O6/c22-13-6-9-19(31-20(26)12-30-15-4-2-1-3-5-15)16(10-13)21(27)24-18-8-7-14(25(28)29)11-17(18)23/h1-11H,12H2,(H,24,27). The highest BCUT2D eigenvalue weighted by atomic mass is 35.5. The minimum Gasteiger partial charge on any atom is -0.482 e. The van der Waals surface area contributed by atoms with Crippen LogP contribution in [0.4, 0.5) is 11.4 Å². The number of ether oxygens (including phenoxy) is 2. The van der Waals surface area contributed by atoms with E-state index in [0.717, 1.165) is 6.07 Å². The average Bonchev–Trinajstić information content (AvgIpc) is 2.75. The van der Waals surface area contributed by atoms with Crippen molar-refractivity contribution in [2.45, 2.75) is 0 Å². The lowest BCUT2D eigenvalue weighted by Crippen LogP contribution is -2.20. The number of nitrogens with one attached hydrogen (secondary N) is 1. The average molecular weight is 461 g/mol. The normalized spacial score (nSPS) is 10.3. The van der Waals surface area contributed by atoms with Gasteiger partial charge in [-0.2, -0.15) is 0 Å². The first kappa shape index (κ1) is 22.1. The Kier molecular flexibility index (Phi) is 7.07. The van der Waals surface area contributed by atoms with Gasteiger partial charge in [0.1, 0.15) is 11.5 Å². The Morgan fingerprint density at radius 3 is 2.42 bits per heavy atom. The number of benzene rings is 3. The second kappa shape index (κ2) is 9.92. The third kappa shape index (κ3) is 5.94. The number of rotatable bonds is 7. The number of hydrogen-bond donors (Lipinski definition) is 1. The van der Waals surface area contributed by atoms with E-state index < -0.39 is 16.8 Å². The van der Waals surface area contributed by atoms with Gasteiger partial charge in [-0.15, -0.1) is 0 Å². The van der Waals surface area contributed by atoms with E-state index in [2.05, 4.69) is 5.32 Å². The number of nitrogens with zero attached hydrogens (tertiary/aromatic N) is 1. The molecule has 1 N–H and O–H groups in total. The van der Waals surface area contributed by atoms with Crippen molar-refractivity contribution in [2.24, 2.45) is 0 Å². The van der Waals surface area contributed by atoms with Gasteiger partial charge in [0, 0.05) is 17.2 Å². The molecule has 158 valence electrons. The Labute approximate surface area is 186 Å². The van der Waals surface area contributed by atoms with Crippen LogP contribution in [0.25, 0.3) is 0 Å².